The zero-order chi connectivity index (χ0) is 20.5. The fourth-order valence-corrected chi connectivity index (χ4v) is 3.72. The molecule has 0 aliphatic carbocycles. The number of benzene rings is 1. The summed E-state index contributed by atoms with van der Waals surface area (Å²) in [7, 11) is 1.82. The van der Waals surface area contributed by atoms with Crippen LogP contribution in [0.1, 0.15) is 25.0 Å². The molecule has 0 bridgehead atoms. The molecule has 7 nitrogen and oxygen atoms in total. The molecule has 1 fully saturated rings. The Balaban J connectivity index is 1.51. The maximum atomic E-state index is 5.50. The lowest BCUT2D eigenvalue weighted by molar-refractivity contribution is 0.00752. The van der Waals surface area contributed by atoms with E-state index in [2.05, 4.69) is 63.7 Å². The number of aliphatic imine (C=N–C) groups is 1. The van der Waals surface area contributed by atoms with E-state index in [-0.39, 0.29) is 0 Å². The molecule has 1 unspecified atom stereocenters. The van der Waals surface area contributed by atoms with E-state index in [0.29, 0.717) is 12.0 Å². The summed E-state index contributed by atoms with van der Waals surface area (Å²) < 4.78 is 7.44. The van der Waals surface area contributed by atoms with E-state index in [1.165, 1.54) is 11.1 Å². The summed E-state index contributed by atoms with van der Waals surface area (Å²) in [4.78, 5) is 6.92. The Bertz CT molecular complexity index is 752. The first kappa shape index (κ1) is 21.3. The highest BCUT2D eigenvalue weighted by Gasteiger charge is 2.23. The van der Waals surface area contributed by atoms with E-state index < -0.39 is 0 Å². The van der Waals surface area contributed by atoms with Crippen molar-refractivity contribution in [1.82, 2.24) is 25.3 Å². The van der Waals surface area contributed by atoms with Gasteiger partial charge in [0.2, 0.25) is 0 Å². The molecule has 29 heavy (non-hydrogen) atoms. The zero-order valence-corrected chi connectivity index (χ0v) is 17.8. The van der Waals surface area contributed by atoms with E-state index in [0.717, 1.165) is 51.9 Å². The predicted octanol–water partition coefficient (Wildman–Crippen LogP) is 1.95. The number of nitrogens with zero attached hydrogens (tertiary/aromatic N) is 4. The number of nitrogens with one attached hydrogen (secondary N) is 2. The van der Waals surface area contributed by atoms with Crippen LogP contribution in [-0.2, 0) is 17.8 Å². The molecule has 2 heterocycles. The van der Waals surface area contributed by atoms with Crippen molar-refractivity contribution in [2.75, 3.05) is 39.9 Å². The van der Waals surface area contributed by atoms with Crippen LogP contribution in [0.5, 0.6) is 0 Å². The molecule has 2 N–H and O–H groups in total. The average molecular weight is 399 g/mol. The number of rotatable bonds is 8. The molecule has 7 heteroatoms. The third kappa shape index (κ3) is 6.58. The Morgan fingerprint density at radius 1 is 1.17 bits per heavy atom. The first-order chi connectivity index (χ1) is 14.2. The predicted molar refractivity (Wildman–Crippen MR) is 117 cm³/mol. The molecule has 1 aromatic carbocycles. The molecule has 0 radical (unpaired) electrons. The van der Waals surface area contributed by atoms with Crippen LogP contribution in [0.3, 0.4) is 0 Å². The van der Waals surface area contributed by atoms with E-state index >= 15 is 0 Å². The summed E-state index contributed by atoms with van der Waals surface area (Å²) in [6.45, 7) is 10.6. The zero-order valence-electron chi connectivity index (χ0n) is 17.8. The van der Waals surface area contributed by atoms with Gasteiger partial charge in [-0.25, -0.2) is 0 Å². The molecular formula is C22H34N6O. The lowest BCUT2D eigenvalue weighted by Crippen LogP contribution is -2.52. The maximum Gasteiger partial charge on any atom is 0.191 e. The third-order valence-electron chi connectivity index (χ3n) is 5.34. The Morgan fingerprint density at radius 3 is 2.66 bits per heavy atom. The van der Waals surface area contributed by atoms with Crippen LogP contribution >= 0.6 is 0 Å². The van der Waals surface area contributed by atoms with Crippen LogP contribution in [0, 0.1) is 5.92 Å². The van der Waals surface area contributed by atoms with Gasteiger partial charge in [0, 0.05) is 51.7 Å². The van der Waals surface area contributed by atoms with Gasteiger partial charge in [-0.1, -0.05) is 38.1 Å². The summed E-state index contributed by atoms with van der Waals surface area (Å²) in [6, 6.07) is 11.0. The molecule has 0 spiro atoms. The molecule has 1 aliphatic rings. The molecule has 1 aromatic heterocycles. The van der Waals surface area contributed by atoms with Crippen molar-refractivity contribution in [3.8, 4) is 0 Å². The first-order valence-corrected chi connectivity index (χ1v) is 10.5. The largest absolute Gasteiger partial charge is 0.379 e. The number of ether oxygens (including phenoxy) is 1. The highest BCUT2D eigenvalue weighted by Crippen LogP contribution is 2.12. The number of guanidine groups is 1. The van der Waals surface area contributed by atoms with Gasteiger partial charge in [-0.3, -0.25) is 14.6 Å². The van der Waals surface area contributed by atoms with Crippen LogP contribution in [-0.4, -0.2) is 66.6 Å². The second-order valence-corrected chi connectivity index (χ2v) is 7.79. The van der Waals surface area contributed by atoms with Gasteiger partial charge in [0.25, 0.3) is 0 Å². The number of hydrogen-bond donors (Lipinski definition) is 2. The van der Waals surface area contributed by atoms with Gasteiger partial charge in [0.05, 0.1) is 19.8 Å². The van der Waals surface area contributed by atoms with Crippen molar-refractivity contribution < 1.29 is 4.74 Å². The van der Waals surface area contributed by atoms with E-state index in [1.54, 1.807) is 0 Å². The highest BCUT2D eigenvalue weighted by molar-refractivity contribution is 5.79. The number of aromatic nitrogens is 2. The smallest absolute Gasteiger partial charge is 0.191 e. The highest BCUT2D eigenvalue weighted by atomic mass is 16.5. The van der Waals surface area contributed by atoms with Crippen molar-refractivity contribution in [2.45, 2.75) is 33.0 Å². The van der Waals surface area contributed by atoms with Crippen molar-refractivity contribution in [3.63, 3.8) is 0 Å². The van der Waals surface area contributed by atoms with Crippen molar-refractivity contribution in [2.24, 2.45) is 10.9 Å². The summed E-state index contributed by atoms with van der Waals surface area (Å²) in [5, 5.41) is 11.2. The minimum atomic E-state index is 0.467. The number of hydrogen-bond acceptors (Lipinski definition) is 4. The molecule has 1 atom stereocenters. The standard InChI is InChI=1S/C22H34N6O/c1-18(2)21(27-10-12-29-13-11-27)16-25-22(23-3)24-15-19-6-4-7-20(14-19)17-28-9-5-8-26-28/h4-9,14,18,21H,10-13,15-17H2,1-3H3,(H2,23,24,25). The monoisotopic (exact) mass is 398 g/mol. The fourth-order valence-electron chi connectivity index (χ4n) is 3.72. The van der Waals surface area contributed by atoms with Crippen molar-refractivity contribution >= 4 is 5.96 Å². The van der Waals surface area contributed by atoms with Gasteiger partial charge in [0.15, 0.2) is 5.96 Å². The van der Waals surface area contributed by atoms with E-state index in [1.807, 2.05) is 30.2 Å². The summed E-state index contributed by atoms with van der Waals surface area (Å²) >= 11 is 0. The van der Waals surface area contributed by atoms with Gasteiger partial charge < -0.3 is 15.4 Å². The molecule has 158 valence electrons. The lowest BCUT2D eigenvalue weighted by atomic mass is 10.0. The Morgan fingerprint density at radius 2 is 1.97 bits per heavy atom. The SMILES string of the molecule is CN=C(NCc1cccc(Cn2cccn2)c1)NCC(C(C)C)N1CCOCC1. The van der Waals surface area contributed by atoms with Crippen molar-refractivity contribution in [1.29, 1.82) is 0 Å². The van der Waals surface area contributed by atoms with Crippen LogP contribution in [0.4, 0.5) is 0 Å². The first-order valence-electron chi connectivity index (χ1n) is 10.5. The summed E-state index contributed by atoms with van der Waals surface area (Å²) in [5.41, 5.74) is 2.47. The molecule has 0 amide bonds. The summed E-state index contributed by atoms with van der Waals surface area (Å²) in [6.07, 6.45) is 3.79. The Kier molecular flexibility index (Phi) is 8.07. The van der Waals surface area contributed by atoms with Gasteiger partial charge in [-0.15, -0.1) is 0 Å². The number of morpholine rings is 1. The molecule has 3 rings (SSSR count). The van der Waals surface area contributed by atoms with Crippen LogP contribution in [0.15, 0.2) is 47.7 Å². The molecule has 1 saturated heterocycles. The Hall–Kier alpha value is -2.38. The third-order valence-corrected chi connectivity index (χ3v) is 5.34. The van der Waals surface area contributed by atoms with Gasteiger partial charge in [-0.2, -0.15) is 5.10 Å². The van der Waals surface area contributed by atoms with Crippen LogP contribution in [0.25, 0.3) is 0 Å². The Labute approximate surface area is 174 Å². The normalized spacial score (nSPS) is 16.8. The molecular weight excluding hydrogens is 364 g/mol. The maximum absolute atomic E-state index is 5.50. The van der Waals surface area contributed by atoms with Crippen molar-refractivity contribution in [3.05, 3.63) is 53.9 Å². The molecule has 1 aliphatic heterocycles. The van der Waals surface area contributed by atoms with Gasteiger partial charge >= 0.3 is 0 Å². The van der Waals surface area contributed by atoms with Crippen LogP contribution < -0.4 is 10.6 Å². The van der Waals surface area contributed by atoms with Gasteiger partial charge in [-0.05, 0) is 23.1 Å². The second kappa shape index (κ2) is 11.0. The molecule has 2 aromatic rings. The second-order valence-electron chi connectivity index (χ2n) is 7.79. The van der Waals surface area contributed by atoms with E-state index in [4.69, 9.17) is 4.74 Å². The van der Waals surface area contributed by atoms with Crippen LogP contribution in [0.2, 0.25) is 0 Å². The topological polar surface area (TPSA) is 66.7 Å². The minimum absolute atomic E-state index is 0.467. The van der Waals surface area contributed by atoms with E-state index in [9.17, 15) is 0 Å². The average Bonchev–Trinajstić information content (AvgIpc) is 3.24. The quantitative estimate of drug-likeness (QED) is 0.526. The lowest BCUT2D eigenvalue weighted by Gasteiger charge is -2.37. The molecule has 0 saturated carbocycles. The summed E-state index contributed by atoms with van der Waals surface area (Å²) in [5.74, 6) is 1.40. The fraction of sp³-hybridized carbons (Fsp3) is 0.545. The minimum Gasteiger partial charge on any atom is -0.379 e. The van der Waals surface area contributed by atoms with Gasteiger partial charge in [0.1, 0.15) is 0 Å².